The Morgan fingerprint density at radius 3 is 2.56 bits per heavy atom. The quantitative estimate of drug-likeness (QED) is 0.727. The van der Waals surface area contributed by atoms with E-state index in [-0.39, 0.29) is 17.4 Å². The molecular formula is C12H23N3O. The van der Waals surface area contributed by atoms with Crippen molar-refractivity contribution >= 4 is 5.91 Å². The summed E-state index contributed by atoms with van der Waals surface area (Å²) in [5, 5.41) is 0. The second-order valence-corrected chi connectivity index (χ2v) is 5.93. The summed E-state index contributed by atoms with van der Waals surface area (Å²) >= 11 is 0. The van der Waals surface area contributed by atoms with Gasteiger partial charge in [-0.25, -0.2) is 0 Å². The average molecular weight is 225 g/mol. The highest BCUT2D eigenvalue weighted by Crippen LogP contribution is 2.52. The van der Waals surface area contributed by atoms with Crippen molar-refractivity contribution in [2.75, 3.05) is 33.2 Å². The van der Waals surface area contributed by atoms with Gasteiger partial charge in [-0.1, -0.05) is 13.8 Å². The number of likely N-dealkylation sites (N-methyl/N-ethyl adjacent to an activating group) is 1. The number of piperazine rings is 1. The largest absolute Gasteiger partial charge is 0.336 e. The number of hydrogen-bond acceptors (Lipinski definition) is 3. The number of amides is 1. The van der Waals surface area contributed by atoms with E-state index >= 15 is 0 Å². The molecule has 16 heavy (non-hydrogen) atoms. The standard InChI is InChI=1S/C12H23N3O/c1-12(2)6-10(12)11(16)15-5-4-14(3)8-9(15)7-13/h9-10H,4-8,13H2,1-3H3. The van der Waals surface area contributed by atoms with Gasteiger partial charge in [-0.15, -0.1) is 0 Å². The Bertz CT molecular complexity index is 290. The van der Waals surface area contributed by atoms with Gasteiger partial charge < -0.3 is 15.5 Å². The molecule has 1 saturated carbocycles. The minimum atomic E-state index is 0.211. The average Bonchev–Trinajstić information content (AvgIpc) is 2.86. The van der Waals surface area contributed by atoms with Crippen LogP contribution >= 0.6 is 0 Å². The highest BCUT2D eigenvalue weighted by Gasteiger charge is 2.52. The van der Waals surface area contributed by atoms with Crippen LogP contribution in [-0.2, 0) is 4.79 Å². The maximum Gasteiger partial charge on any atom is 0.226 e. The predicted octanol–water partition coefficient (Wildman–Crippen LogP) is 0.134. The first-order valence-electron chi connectivity index (χ1n) is 6.15. The Hall–Kier alpha value is -0.610. The van der Waals surface area contributed by atoms with E-state index in [4.69, 9.17) is 5.73 Å². The molecule has 0 spiro atoms. The number of hydrogen-bond donors (Lipinski definition) is 1. The normalized spacial score (nSPS) is 33.9. The minimum absolute atomic E-state index is 0.211. The van der Waals surface area contributed by atoms with Crippen molar-refractivity contribution in [1.82, 2.24) is 9.80 Å². The van der Waals surface area contributed by atoms with Crippen molar-refractivity contribution in [1.29, 1.82) is 0 Å². The fourth-order valence-corrected chi connectivity index (χ4v) is 2.59. The van der Waals surface area contributed by atoms with Gasteiger partial charge in [0.2, 0.25) is 5.91 Å². The molecule has 2 N–H and O–H groups in total. The highest BCUT2D eigenvalue weighted by molar-refractivity contribution is 5.83. The van der Waals surface area contributed by atoms with E-state index in [2.05, 4.69) is 25.8 Å². The van der Waals surface area contributed by atoms with E-state index < -0.39 is 0 Å². The van der Waals surface area contributed by atoms with E-state index in [1.54, 1.807) is 0 Å². The lowest BCUT2D eigenvalue weighted by atomic mass is 10.1. The van der Waals surface area contributed by atoms with Crippen LogP contribution in [0.5, 0.6) is 0 Å². The Kier molecular flexibility index (Phi) is 2.97. The second kappa shape index (κ2) is 4.00. The third kappa shape index (κ3) is 2.09. The van der Waals surface area contributed by atoms with E-state index in [0.717, 1.165) is 26.1 Å². The molecule has 1 saturated heterocycles. The Balaban J connectivity index is 2.00. The molecule has 0 radical (unpaired) electrons. The third-order valence-electron chi connectivity index (χ3n) is 4.05. The summed E-state index contributed by atoms with van der Waals surface area (Å²) < 4.78 is 0. The molecule has 1 amide bonds. The monoisotopic (exact) mass is 225 g/mol. The van der Waals surface area contributed by atoms with Gasteiger partial charge in [0.1, 0.15) is 0 Å². The molecule has 2 unspecified atom stereocenters. The van der Waals surface area contributed by atoms with Gasteiger partial charge in [0.05, 0.1) is 6.04 Å². The molecule has 1 aliphatic carbocycles. The van der Waals surface area contributed by atoms with E-state index in [1.165, 1.54) is 0 Å². The summed E-state index contributed by atoms with van der Waals surface area (Å²) in [5.41, 5.74) is 5.98. The molecule has 4 heteroatoms. The summed E-state index contributed by atoms with van der Waals surface area (Å²) in [6.07, 6.45) is 1.04. The molecule has 0 aromatic heterocycles. The Morgan fingerprint density at radius 1 is 1.44 bits per heavy atom. The summed E-state index contributed by atoms with van der Waals surface area (Å²) in [6, 6.07) is 0.211. The van der Waals surface area contributed by atoms with Crippen LogP contribution in [0.3, 0.4) is 0 Å². The van der Waals surface area contributed by atoms with Crippen LogP contribution in [0.15, 0.2) is 0 Å². The smallest absolute Gasteiger partial charge is 0.226 e. The van der Waals surface area contributed by atoms with Crippen molar-refractivity contribution < 1.29 is 4.79 Å². The maximum atomic E-state index is 12.3. The zero-order valence-corrected chi connectivity index (χ0v) is 10.6. The van der Waals surface area contributed by atoms with Gasteiger partial charge in [0.25, 0.3) is 0 Å². The van der Waals surface area contributed by atoms with Crippen LogP contribution in [0.2, 0.25) is 0 Å². The number of nitrogens with two attached hydrogens (primary N) is 1. The Morgan fingerprint density at radius 2 is 2.06 bits per heavy atom. The van der Waals surface area contributed by atoms with Crippen molar-refractivity contribution in [2.45, 2.75) is 26.3 Å². The number of nitrogens with zero attached hydrogens (tertiary/aromatic N) is 2. The number of carbonyl (C=O) groups is 1. The van der Waals surface area contributed by atoms with E-state index in [9.17, 15) is 4.79 Å². The maximum absolute atomic E-state index is 12.3. The molecule has 0 aromatic carbocycles. The molecule has 2 rings (SSSR count). The van der Waals surface area contributed by atoms with Gasteiger partial charge >= 0.3 is 0 Å². The zero-order chi connectivity index (χ0) is 11.9. The summed E-state index contributed by atoms with van der Waals surface area (Å²) in [4.78, 5) is 16.6. The van der Waals surface area contributed by atoms with Gasteiger partial charge in [-0.05, 0) is 18.9 Å². The first kappa shape index (κ1) is 11.9. The fourth-order valence-electron chi connectivity index (χ4n) is 2.59. The van der Waals surface area contributed by atoms with Crippen molar-refractivity contribution in [3.63, 3.8) is 0 Å². The van der Waals surface area contributed by atoms with Gasteiger partial charge in [-0.3, -0.25) is 4.79 Å². The first-order chi connectivity index (χ1) is 7.45. The lowest BCUT2D eigenvalue weighted by Gasteiger charge is -2.40. The highest BCUT2D eigenvalue weighted by atomic mass is 16.2. The SMILES string of the molecule is CN1CCN(C(=O)C2CC2(C)C)C(CN)C1. The van der Waals surface area contributed by atoms with Gasteiger partial charge in [0, 0.05) is 32.1 Å². The number of carbonyl (C=O) groups excluding carboxylic acids is 1. The third-order valence-corrected chi connectivity index (χ3v) is 4.05. The van der Waals surface area contributed by atoms with Crippen LogP contribution in [0, 0.1) is 11.3 Å². The number of rotatable bonds is 2. The van der Waals surface area contributed by atoms with Crippen molar-refractivity contribution in [3.8, 4) is 0 Å². The summed E-state index contributed by atoms with van der Waals surface area (Å²) in [7, 11) is 2.09. The first-order valence-corrected chi connectivity index (χ1v) is 6.15. The molecule has 1 aliphatic heterocycles. The van der Waals surface area contributed by atoms with Crippen LogP contribution < -0.4 is 5.73 Å². The lowest BCUT2D eigenvalue weighted by Crippen LogP contribution is -2.57. The van der Waals surface area contributed by atoms with Crippen LogP contribution in [0.1, 0.15) is 20.3 Å². The molecule has 0 aromatic rings. The topological polar surface area (TPSA) is 49.6 Å². The second-order valence-electron chi connectivity index (χ2n) is 5.93. The lowest BCUT2D eigenvalue weighted by molar-refractivity contribution is -0.137. The molecular weight excluding hydrogens is 202 g/mol. The van der Waals surface area contributed by atoms with Gasteiger partial charge in [0.15, 0.2) is 0 Å². The molecule has 1 heterocycles. The minimum Gasteiger partial charge on any atom is -0.336 e. The van der Waals surface area contributed by atoms with Crippen LogP contribution in [-0.4, -0.2) is 55.0 Å². The van der Waals surface area contributed by atoms with E-state index in [1.807, 2.05) is 4.90 Å². The predicted molar refractivity (Wildman–Crippen MR) is 63.9 cm³/mol. The van der Waals surface area contributed by atoms with Crippen LogP contribution in [0.25, 0.3) is 0 Å². The van der Waals surface area contributed by atoms with E-state index in [0.29, 0.717) is 12.5 Å². The fraction of sp³-hybridized carbons (Fsp3) is 0.917. The van der Waals surface area contributed by atoms with Crippen molar-refractivity contribution in [2.24, 2.45) is 17.1 Å². The molecule has 4 nitrogen and oxygen atoms in total. The molecule has 2 fully saturated rings. The summed E-state index contributed by atoms with van der Waals surface area (Å²) in [5.74, 6) is 0.568. The molecule has 2 aliphatic rings. The molecule has 2 atom stereocenters. The molecule has 0 bridgehead atoms. The van der Waals surface area contributed by atoms with Crippen LogP contribution in [0.4, 0.5) is 0 Å². The molecule has 92 valence electrons. The zero-order valence-electron chi connectivity index (χ0n) is 10.6. The summed E-state index contributed by atoms with van der Waals surface area (Å²) in [6.45, 7) is 7.63. The Labute approximate surface area is 97.8 Å². The van der Waals surface area contributed by atoms with Crippen molar-refractivity contribution in [3.05, 3.63) is 0 Å². The van der Waals surface area contributed by atoms with Gasteiger partial charge in [-0.2, -0.15) is 0 Å².